The lowest BCUT2D eigenvalue weighted by Gasteiger charge is -2.48. The first-order chi connectivity index (χ1) is 14.2. The van der Waals surface area contributed by atoms with Crippen LogP contribution in [0.3, 0.4) is 0 Å². The normalized spacial score (nSPS) is 21.1. The van der Waals surface area contributed by atoms with Crippen LogP contribution >= 0.6 is 11.6 Å². The van der Waals surface area contributed by atoms with Gasteiger partial charge in [-0.15, -0.1) is 0 Å². The van der Waals surface area contributed by atoms with E-state index < -0.39 is 11.7 Å². The number of piperidine rings is 1. The number of hydrogen-bond donors (Lipinski definition) is 0. The molecule has 0 atom stereocenters. The Morgan fingerprint density at radius 1 is 1.03 bits per heavy atom. The van der Waals surface area contributed by atoms with Crippen LogP contribution in [0.1, 0.15) is 31.1 Å². The van der Waals surface area contributed by atoms with E-state index in [1.54, 1.807) is 6.07 Å². The monoisotopic (exact) mass is 442 g/mol. The molecule has 0 bridgehead atoms. The van der Waals surface area contributed by atoms with Crippen molar-refractivity contribution in [2.24, 2.45) is 0 Å². The summed E-state index contributed by atoms with van der Waals surface area (Å²) in [5.74, 6) is 1.27. The first-order valence-corrected chi connectivity index (χ1v) is 10.6. The number of hydrogen-bond acceptors (Lipinski definition) is 4. The third kappa shape index (κ3) is 4.69. The molecular formula is C22H26ClF3N2O2. The van der Waals surface area contributed by atoms with E-state index >= 15 is 0 Å². The third-order valence-electron chi connectivity index (χ3n) is 6.31. The number of ether oxygens (including phenoxy) is 1. The molecule has 0 aliphatic carbocycles. The Bertz CT molecular complexity index is 870. The number of alkyl halides is 3. The van der Waals surface area contributed by atoms with Gasteiger partial charge < -0.3 is 9.15 Å². The molecule has 2 aromatic rings. The van der Waals surface area contributed by atoms with Gasteiger partial charge in [0.25, 0.3) is 0 Å². The van der Waals surface area contributed by atoms with E-state index in [2.05, 4.69) is 16.7 Å². The summed E-state index contributed by atoms with van der Waals surface area (Å²) in [7, 11) is 0. The second-order valence-electron chi connectivity index (χ2n) is 8.33. The minimum atomic E-state index is -4.42. The molecule has 0 amide bonds. The Kier molecular flexibility index (Phi) is 6.17. The van der Waals surface area contributed by atoms with E-state index in [1.165, 1.54) is 6.07 Å². The number of rotatable bonds is 4. The van der Waals surface area contributed by atoms with Crippen molar-refractivity contribution in [1.82, 2.24) is 9.80 Å². The highest BCUT2D eigenvalue weighted by molar-refractivity contribution is 6.33. The predicted molar refractivity (Wildman–Crippen MR) is 109 cm³/mol. The average molecular weight is 443 g/mol. The standard InChI is InChI=1S/C22H26ClF3N2O2/c1-21(28-10-12-29-13-11-28)6-8-27(9-7-21)15-17-3-5-20(30-17)18-4-2-16(14-19(18)23)22(24,25)26/h2-5,14H,6-13,15H2,1H3. The highest BCUT2D eigenvalue weighted by atomic mass is 35.5. The van der Waals surface area contributed by atoms with E-state index in [9.17, 15) is 13.2 Å². The van der Waals surface area contributed by atoms with E-state index in [1.807, 2.05) is 6.07 Å². The molecule has 2 aliphatic heterocycles. The van der Waals surface area contributed by atoms with E-state index in [0.717, 1.165) is 70.1 Å². The molecule has 0 unspecified atom stereocenters. The fraction of sp³-hybridized carbons (Fsp3) is 0.545. The minimum Gasteiger partial charge on any atom is -0.460 e. The van der Waals surface area contributed by atoms with Gasteiger partial charge in [-0.05, 0) is 50.1 Å². The average Bonchev–Trinajstić information content (AvgIpc) is 3.18. The zero-order chi connectivity index (χ0) is 21.4. The Hall–Kier alpha value is -1.54. The van der Waals surface area contributed by atoms with Crippen LogP contribution in [0.4, 0.5) is 13.2 Å². The first-order valence-electron chi connectivity index (χ1n) is 10.3. The number of furan rings is 1. The van der Waals surface area contributed by atoms with Gasteiger partial charge >= 0.3 is 6.18 Å². The third-order valence-corrected chi connectivity index (χ3v) is 6.62. The van der Waals surface area contributed by atoms with Gasteiger partial charge in [0, 0.05) is 37.3 Å². The molecule has 0 radical (unpaired) electrons. The molecule has 4 nitrogen and oxygen atoms in total. The molecule has 0 N–H and O–H groups in total. The predicted octanol–water partition coefficient (Wildman–Crippen LogP) is 5.31. The van der Waals surface area contributed by atoms with Crippen molar-refractivity contribution in [3.05, 3.63) is 46.7 Å². The molecular weight excluding hydrogens is 417 g/mol. The Morgan fingerprint density at radius 2 is 1.73 bits per heavy atom. The van der Waals surface area contributed by atoms with Gasteiger partial charge in [-0.2, -0.15) is 13.2 Å². The molecule has 2 aliphatic rings. The lowest BCUT2D eigenvalue weighted by molar-refractivity contribution is -0.137. The molecule has 1 aromatic carbocycles. The highest BCUT2D eigenvalue weighted by Crippen LogP contribution is 2.36. The van der Waals surface area contributed by atoms with Crippen LogP contribution in [0.5, 0.6) is 0 Å². The van der Waals surface area contributed by atoms with Crippen molar-refractivity contribution in [1.29, 1.82) is 0 Å². The van der Waals surface area contributed by atoms with E-state index in [0.29, 0.717) is 17.9 Å². The Balaban J connectivity index is 1.38. The van der Waals surface area contributed by atoms with Crippen molar-refractivity contribution in [2.75, 3.05) is 39.4 Å². The zero-order valence-electron chi connectivity index (χ0n) is 17.0. The summed E-state index contributed by atoms with van der Waals surface area (Å²) in [4.78, 5) is 4.91. The van der Waals surface area contributed by atoms with E-state index in [-0.39, 0.29) is 10.6 Å². The molecule has 0 spiro atoms. The number of halogens is 4. The molecule has 0 saturated carbocycles. The van der Waals surface area contributed by atoms with Crippen molar-refractivity contribution in [3.8, 4) is 11.3 Å². The maximum Gasteiger partial charge on any atom is 0.416 e. The quantitative estimate of drug-likeness (QED) is 0.642. The number of nitrogens with zero attached hydrogens (tertiary/aromatic N) is 2. The zero-order valence-corrected chi connectivity index (χ0v) is 17.7. The molecule has 1 aromatic heterocycles. The second-order valence-corrected chi connectivity index (χ2v) is 8.74. The van der Waals surface area contributed by atoms with Crippen molar-refractivity contribution >= 4 is 11.6 Å². The summed E-state index contributed by atoms with van der Waals surface area (Å²) in [5.41, 5.74) is -0.0864. The largest absolute Gasteiger partial charge is 0.460 e. The van der Waals surface area contributed by atoms with E-state index in [4.69, 9.17) is 20.8 Å². The number of benzene rings is 1. The van der Waals surface area contributed by atoms with Gasteiger partial charge in [0.1, 0.15) is 11.5 Å². The number of likely N-dealkylation sites (tertiary alicyclic amines) is 1. The summed E-state index contributed by atoms with van der Waals surface area (Å²) in [5, 5.41) is 0.0324. The van der Waals surface area contributed by atoms with Gasteiger partial charge in [0.2, 0.25) is 0 Å². The minimum absolute atomic E-state index is 0.0324. The lowest BCUT2D eigenvalue weighted by Crippen LogP contribution is -2.56. The van der Waals surface area contributed by atoms with Crippen molar-refractivity contribution in [2.45, 2.75) is 38.0 Å². The molecule has 4 rings (SSSR count). The van der Waals surface area contributed by atoms with Gasteiger partial charge in [0.05, 0.1) is 30.3 Å². The van der Waals surface area contributed by atoms with Crippen LogP contribution in [0.2, 0.25) is 5.02 Å². The Labute approximate surface area is 179 Å². The van der Waals surface area contributed by atoms with Crippen LogP contribution in [0.25, 0.3) is 11.3 Å². The summed E-state index contributed by atoms with van der Waals surface area (Å²) >= 11 is 6.09. The smallest absolute Gasteiger partial charge is 0.416 e. The summed E-state index contributed by atoms with van der Waals surface area (Å²) in [6.07, 6.45) is -2.24. The molecule has 30 heavy (non-hydrogen) atoms. The van der Waals surface area contributed by atoms with Crippen molar-refractivity contribution < 1.29 is 22.3 Å². The van der Waals surface area contributed by atoms with Gasteiger partial charge in [-0.3, -0.25) is 9.80 Å². The Morgan fingerprint density at radius 3 is 2.37 bits per heavy atom. The van der Waals surface area contributed by atoms with Crippen LogP contribution in [0.15, 0.2) is 34.7 Å². The van der Waals surface area contributed by atoms with Crippen LogP contribution < -0.4 is 0 Å². The van der Waals surface area contributed by atoms with Gasteiger partial charge in [-0.25, -0.2) is 0 Å². The highest BCUT2D eigenvalue weighted by Gasteiger charge is 2.36. The van der Waals surface area contributed by atoms with Gasteiger partial charge in [0.15, 0.2) is 0 Å². The molecule has 2 saturated heterocycles. The van der Waals surface area contributed by atoms with Crippen LogP contribution in [-0.4, -0.2) is 54.7 Å². The maximum atomic E-state index is 12.8. The number of morpholine rings is 1. The van der Waals surface area contributed by atoms with Crippen LogP contribution in [-0.2, 0) is 17.5 Å². The van der Waals surface area contributed by atoms with Crippen molar-refractivity contribution in [3.63, 3.8) is 0 Å². The SMILES string of the molecule is CC1(N2CCOCC2)CCN(Cc2ccc(-c3ccc(C(F)(F)F)cc3Cl)o2)CC1. The molecule has 8 heteroatoms. The summed E-state index contributed by atoms with van der Waals surface area (Å²) < 4.78 is 49.9. The fourth-order valence-electron chi connectivity index (χ4n) is 4.33. The second kappa shape index (κ2) is 8.54. The maximum absolute atomic E-state index is 12.8. The fourth-order valence-corrected chi connectivity index (χ4v) is 4.61. The molecule has 2 fully saturated rings. The first kappa shape index (κ1) is 21.7. The van der Waals surface area contributed by atoms with Gasteiger partial charge in [-0.1, -0.05) is 11.6 Å². The van der Waals surface area contributed by atoms with Crippen LogP contribution in [0, 0.1) is 0 Å². The topological polar surface area (TPSA) is 28.9 Å². The molecule has 164 valence electrons. The summed E-state index contributed by atoms with van der Waals surface area (Å²) in [6.45, 7) is 8.57. The summed E-state index contributed by atoms with van der Waals surface area (Å²) in [6, 6.07) is 6.98. The lowest BCUT2D eigenvalue weighted by atomic mass is 9.87. The molecule has 3 heterocycles.